The van der Waals surface area contributed by atoms with Gasteiger partial charge in [-0.15, -0.1) is 11.3 Å². The molecule has 0 aliphatic rings. The van der Waals surface area contributed by atoms with Gasteiger partial charge in [0.25, 0.3) is 0 Å². The van der Waals surface area contributed by atoms with Crippen LogP contribution in [0, 0.1) is 0 Å². The molecule has 1 aromatic heterocycles. The SMILES string of the molecule is ClC(Cl)(Br)c1cccs1. The molecule has 0 amide bonds. The molecule has 50 valence electrons. The second kappa shape index (κ2) is 2.79. The van der Waals surface area contributed by atoms with Crippen LogP contribution in [0.25, 0.3) is 0 Å². The first-order valence-corrected chi connectivity index (χ1v) is 4.64. The Labute approximate surface area is 75.9 Å². The van der Waals surface area contributed by atoms with Crippen LogP contribution in [-0.2, 0) is 3.24 Å². The fraction of sp³-hybridized carbons (Fsp3) is 0.200. The third kappa shape index (κ3) is 2.11. The van der Waals surface area contributed by atoms with Crippen molar-refractivity contribution in [2.45, 2.75) is 3.24 Å². The molecule has 1 rings (SSSR count). The van der Waals surface area contributed by atoms with Crippen molar-refractivity contribution >= 4 is 50.5 Å². The largest absolute Gasteiger partial charge is 0.206 e. The lowest BCUT2D eigenvalue weighted by Gasteiger charge is -2.05. The summed E-state index contributed by atoms with van der Waals surface area (Å²) in [6.07, 6.45) is 0. The Morgan fingerprint density at radius 1 is 1.56 bits per heavy atom. The highest BCUT2D eigenvalue weighted by Gasteiger charge is 2.22. The van der Waals surface area contributed by atoms with Gasteiger partial charge in [0.15, 0.2) is 0 Å². The van der Waals surface area contributed by atoms with E-state index in [4.69, 9.17) is 23.2 Å². The molecule has 0 atom stereocenters. The van der Waals surface area contributed by atoms with Gasteiger partial charge >= 0.3 is 0 Å². The van der Waals surface area contributed by atoms with Crippen LogP contribution in [-0.4, -0.2) is 0 Å². The molecule has 0 aromatic carbocycles. The zero-order chi connectivity index (χ0) is 6.91. The van der Waals surface area contributed by atoms with Crippen LogP contribution in [0.3, 0.4) is 0 Å². The summed E-state index contributed by atoms with van der Waals surface area (Å²) in [4.78, 5) is 0.908. The van der Waals surface area contributed by atoms with Crippen molar-refractivity contribution in [3.8, 4) is 0 Å². The van der Waals surface area contributed by atoms with E-state index in [0.717, 1.165) is 4.88 Å². The molecule has 0 saturated heterocycles. The molecule has 0 saturated carbocycles. The highest BCUT2D eigenvalue weighted by atomic mass is 79.9. The number of hydrogen-bond donors (Lipinski definition) is 0. The lowest BCUT2D eigenvalue weighted by Crippen LogP contribution is -1.93. The summed E-state index contributed by atoms with van der Waals surface area (Å²) in [6.45, 7) is 0. The number of hydrogen-bond acceptors (Lipinski definition) is 1. The van der Waals surface area contributed by atoms with Crippen molar-refractivity contribution in [2.24, 2.45) is 0 Å². The molecule has 9 heavy (non-hydrogen) atoms. The Morgan fingerprint density at radius 3 is 2.44 bits per heavy atom. The summed E-state index contributed by atoms with van der Waals surface area (Å²) >= 11 is 16.0. The second-order valence-electron chi connectivity index (χ2n) is 1.48. The van der Waals surface area contributed by atoms with Crippen LogP contribution in [0.5, 0.6) is 0 Å². The summed E-state index contributed by atoms with van der Waals surface area (Å²) in [6, 6.07) is 3.78. The van der Waals surface area contributed by atoms with E-state index < -0.39 is 3.24 Å². The molecule has 0 aliphatic heterocycles. The van der Waals surface area contributed by atoms with Crippen LogP contribution >= 0.6 is 50.5 Å². The van der Waals surface area contributed by atoms with E-state index in [2.05, 4.69) is 15.9 Å². The monoisotopic (exact) mass is 244 g/mol. The quantitative estimate of drug-likeness (QED) is 0.662. The number of halogens is 3. The fourth-order valence-corrected chi connectivity index (χ4v) is 1.84. The lowest BCUT2D eigenvalue weighted by molar-refractivity contribution is 1.37. The summed E-state index contributed by atoms with van der Waals surface area (Å²) in [7, 11) is 0. The molecular weight excluding hydrogens is 243 g/mol. The minimum atomic E-state index is -0.902. The van der Waals surface area contributed by atoms with E-state index in [1.54, 1.807) is 0 Å². The molecule has 0 unspecified atom stereocenters. The highest BCUT2D eigenvalue weighted by molar-refractivity contribution is 9.10. The fourth-order valence-electron chi connectivity index (χ4n) is 0.440. The summed E-state index contributed by atoms with van der Waals surface area (Å²) in [5.74, 6) is 0. The highest BCUT2D eigenvalue weighted by Crippen LogP contribution is 2.42. The van der Waals surface area contributed by atoms with E-state index in [-0.39, 0.29) is 0 Å². The van der Waals surface area contributed by atoms with E-state index >= 15 is 0 Å². The third-order valence-electron chi connectivity index (χ3n) is 0.801. The van der Waals surface area contributed by atoms with Gasteiger partial charge in [0.1, 0.15) is 0 Å². The van der Waals surface area contributed by atoms with Crippen molar-refractivity contribution in [3.05, 3.63) is 22.4 Å². The van der Waals surface area contributed by atoms with Crippen molar-refractivity contribution in [1.29, 1.82) is 0 Å². The molecular formula is C5H3BrCl2S. The molecule has 1 aromatic rings. The Kier molecular flexibility index (Phi) is 2.43. The topological polar surface area (TPSA) is 0 Å². The maximum atomic E-state index is 5.69. The van der Waals surface area contributed by atoms with Gasteiger partial charge in [0.2, 0.25) is 3.24 Å². The van der Waals surface area contributed by atoms with Gasteiger partial charge in [-0.1, -0.05) is 29.3 Å². The van der Waals surface area contributed by atoms with Gasteiger partial charge in [-0.25, -0.2) is 0 Å². The van der Waals surface area contributed by atoms with Crippen molar-refractivity contribution in [3.63, 3.8) is 0 Å². The van der Waals surface area contributed by atoms with Gasteiger partial charge in [-0.2, -0.15) is 0 Å². The van der Waals surface area contributed by atoms with Gasteiger partial charge in [-0.3, -0.25) is 0 Å². The van der Waals surface area contributed by atoms with Gasteiger partial charge in [0, 0.05) is 0 Å². The standard InChI is InChI=1S/C5H3BrCl2S/c6-5(7,8)4-2-1-3-9-4/h1-3H. The molecule has 0 spiro atoms. The Bertz CT molecular complexity index is 177. The molecule has 0 nitrogen and oxygen atoms in total. The molecule has 0 fully saturated rings. The normalized spacial score (nSPS) is 11.9. The zero-order valence-electron chi connectivity index (χ0n) is 4.27. The minimum Gasteiger partial charge on any atom is -0.145 e. The van der Waals surface area contributed by atoms with Crippen molar-refractivity contribution < 1.29 is 0 Å². The molecule has 4 heteroatoms. The summed E-state index contributed by atoms with van der Waals surface area (Å²) in [5, 5.41) is 1.93. The zero-order valence-corrected chi connectivity index (χ0v) is 8.19. The smallest absolute Gasteiger partial charge is 0.145 e. The molecule has 0 N–H and O–H groups in total. The van der Waals surface area contributed by atoms with Crippen molar-refractivity contribution in [1.82, 2.24) is 0 Å². The van der Waals surface area contributed by atoms with E-state index in [1.165, 1.54) is 11.3 Å². The first kappa shape index (κ1) is 7.86. The minimum absolute atomic E-state index is 0.902. The number of alkyl halides is 3. The summed E-state index contributed by atoms with van der Waals surface area (Å²) < 4.78 is -0.902. The van der Waals surface area contributed by atoms with E-state index in [1.807, 2.05) is 17.5 Å². The van der Waals surface area contributed by atoms with Crippen LogP contribution in [0.4, 0.5) is 0 Å². The Balaban J connectivity index is 2.90. The van der Waals surface area contributed by atoms with Crippen LogP contribution in [0.15, 0.2) is 17.5 Å². The maximum absolute atomic E-state index is 5.69. The average molecular weight is 246 g/mol. The predicted octanol–water partition coefficient (Wildman–Crippen LogP) is 3.73. The molecule has 0 radical (unpaired) electrons. The molecule has 0 aliphatic carbocycles. The van der Waals surface area contributed by atoms with E-state index in [9.17, 15) is 0 Å². The molecule has 1 heterocycles. The van der Waals surface area contributed by atoms with Crippen LogP contribution in [0.2, 0.25) is 0 Å². The Hall–Kier alpha value is 0.760. The lowest BCUT2D eigenvalue weighted by atomic mass is 10.5. The number of thiophene rings is 1. The first-order chi connectivity index (χ1) is 4.11. The second-order valence-corrected chi connectivity index (χ2v) is 5.85. The van der Waals surface area contributed by atoms with Crippen LogP contribution in [0.1, 0.15) is 4.88 Å². The molecule has 0 bridgehead atoms. The van der Waals surface area contributed by atoms with E-state index in [0.29, 0.717) is 0 Å². The van der Waals surface area contributed by atoms with Crippen molar-refractivity contribution in [2.75, 3.05) is 0 Å². The van der Waals surface area contributed by atoms with Gasteiger partial charge in [0.05, 0.1) is 4.88 Å². The van der Waals surface area contributed by atoms with Gasteiger partial charge in [-0.05, 0) is 27.4 Å². The van der Waals surface area contributed by atoms with Gasteiger partial charge < -0.3 is 0 Å². The maximum Gasteiger partial charge on any atom is 0.206 e. The Morgan fingerprint density at radius 2 is 2.22 bits per heavy atom. The number of rotatable bonds is 1. The predicted molar refractivity (Wildman–Crippen MR) is 46.6 cm³/mol. The first-order valence-electron chi connectivity index (χ1n) is 2.21. The third-order valence-corrected chi connectivity index (χ3v) is 3.11. The summed E-state index contributed by atoms with van der Waals surface area (Å²) in [5.41, 5.74) is 0. The van der Waals surface area contributed by atoms with Crippen LogP contribution < -0.4 is 0 Å². The average Bonchev–Trinajstić information content (AvgIpc) is 2.08.